The Hall–Kier alpha value is -2.42. The number of thiazole rings is 1. The zero-order valence-corrected chi connectivity index (χ0v) is 17.0. The van der Waals surface area contributed by atoms with Crippen LogP contribution in [-0.4, -0.2) is 32.5 Å². The average molecular weight is 416 g/mol. The van der Waals surface area contributed by atoms with Gasteiger partial charge in [-0.25, -0.2) is 18.1 Å². The van der Waals surface area contributed by atoms with Gasteiger partial charge in [0.2, 0.25) is 10.0 Å². The second-order valence-electron chi connectivity index (χ2n) is 6.71. The molecule has 0 aliphatic carbocycles. The number of nitrogens with zero attached hydrogens (tertiary/aromatic N) is 2. The number of aromatic nitrogens is 1. The molecule has 6 nitrogen and oxygen atoms in total. The van der Waals surface area contributed by atoms with E-state index in [1.165, 1.54) is 0 Å². The molecule has 0 unspecified atom stereocenters. The molecule has 8 heteroatoms. The number of aryl methyl sites for hydroxylation is 1. The number of sulfonamides is 1. The van der Waals surface area contributed by atoms with Crippen molar-refractivity contribution in [2.45, 2.75) is 24.3 Å². The molecule has 1 aliphatic rings. The number of para-hydroxylation sites is 1. The number of rotatable bonds is 6. The molecule has 1 fully saturated rings. The van der Waals surface area contributed by atoms with Crippen molar-refractivity contribution in [1.82, 2.24) is 9.71 Å². The molecule has 0 spiro atoms. The van der Waals surface area contributed by atoms with Gasteiger partial charge in [-0.2, -0.15) is 0 Å². The Labute approximate surface area is 168 Å². The molecular formula is C20H21N3O3S2. The SMILES string of the molecule is Cc1ccccc1Oc1ccc(S(=O)(=O)N[C@H]2CCN(c3nccs3)C2)cc1. The number of hydrogen-bond donors (Lipinski definition) is 1. The van der Waals surface area contributed by atoms with Crippen molar-refractivity contribution >= 4 is 26.5 Å². The summed E-state index contributed by atoms with van der Waals surface area (Å²) in [5, 5.41) is 2.85. The van der Waals surface area contributed by atoms with Gasteiger partial charge in [0.15, 0.2) is 5.13 Å². The number of hydrogen-bond acceptors (Lipinski definition) is 6. The van der Waals surface area contributed by atoms with Crippen LogP contribution in [-0.2, 0) is 10.0 Å². The Morgan fingerprint density at radius 1 is 1.18 bits per heavy atom. The van der Waals surface area contributed by atoms with E-state index in [2.05, 4.69) is 14.6 Å². The molecule has 0 saturated carbocycles. The number of anilines is 1. The van der Waals surface area contributed by atoms with E-state index in [9.17, 15) is 8.42 Å². The molecule has 4 rings (SSSR count). The van der Waals surface area contributed by atoms with Gasteiger partial charge in [-0.3, -0.25) is 0 Å². The summed E-state index contributed by atoms with van der Waals surface area (Å²) in [5.41, 5.74) is 1.02. The highest BCUT2D eigenvalue weighted by Gasteiger charge is 2.28. The smallest absolute Gasteiger partial charge is 0.240 e. The van der Waals surface area contributed by atoms with E-state index in [1.807, 2.05) is 36.6 Å². The Morgan fingerprint density at radius 2 is 1.96 bits per heavy atom. The first-order valence-corrected chi connectivity index (χ1v) is 11.4. The predicted octanol–water partition coefficient (Wildman–Crippen LogP) is 3.80. The fraction of sp³-hybridized carbons (Fsp3) is 0.250. The molecule has 0 radical (unpaired) electrons. The lowest BCUT2D eigenvalue weighted by Crippen LogP contribution is -2.37. The van der Waals surface area contributed by atoms with Crippen LogP contribution >= 0.6 is 11.3 Å². The van der Waals surface area contributed by atoms with E-state index in [4.69, 9.17) is 4.74 Å². The van der Waals surface area contributed by atoms with Crippen LogP contribution < -0.4 is 14.4 Å². The molecule has 1 atom stereocenters. The first-order valence-electron chi connectivity index (χ1n) is 9.01. The van der Waals surface area contributed by atoms with E-state index in [1.54, 1.807) is 41.8 Å². The first-order chi connectivity index (χ1) is 13.5. The molecule has 1 N–H and O–H groups in total. The highest BCUT2D eigenvalue weighted by molar-refractivity contribution is 7.89. The number of benzene rings is 2. The van der Waals surface area contributed by atoms with E-state index >= 15 is 0 Å². The van der Waals surface area contributed by atoms with Crippen LogP contribution in [0.2, 0.25) is 0 Å². The van der Waals surface area contributed by atoms with E-state index < -0.39 is 10.0 Å². The molecule has 2 heterocycles. The third-order valence-electron chi connectivity index (χ3n) is 4.66. The standard InChI is InChI=1S/C20H21N3O3S2/c1-15-4-2-3-5-19(15)26-17-6-8-18(9-7-17)28(24,25)22-16-10-12-23(14-16)20-21-11-13-27-20/h2-9,11,13,16,22H,10,12,14H2,1H3/t16-/m0/s1. The molecule has 0 amide bonds. The van der Waals surface area contributed by atoms with E-state index in [0.29, 0.717) is 12.3 Å². The van der Waals surface area contributed by atoms with Crippen molar-refractivity contribution in [1.29, 1.82) is 0 Å². The topological polar surface area (TPSA) is 71.5 Å². The summed E-state index contributed by atoms with van der Waals surface area (Å²) in [4.78, 5) is 6.63. The highest BCUT2D eigenvalue weighted by Crippen LogP contribution is 2.26. The fourth-order valence-corrected chi connectivity index (χ4v) is 5.12. The minimum atomic E-state index is -3.58. The zero-order valence-electron chi connectivity index (χ0n) is 15.4. The van der Waals surface area contributed by atoms with Crippen molar-refractivity contribution in [2.24, 2.45) is 0 Å². The van der Waals surface area contributed by atoms with Gasteiger partial charge in [0, 0.05) is 30.7 Å². The summed E-state index contributed by atoms with van der Waals surface area (Å²) in [7, 11) is -3.58. The lowest BCUT2D eigenvalue weighted by Gasteiger charge is -2.16. The molecule has 2 aromatic carbocycles. The van der Waals surface area contributed by atoms with Crippen LogP contribution in [0.3, 0.4) is 0 Å². The molecule has 1 saturated heterocycles. The van der Waals surface area contributed by atoms with Crippen molar-refractivity contribution in [3.8, 4) is 11.5 Å². The second kappa shape index (κ2) is 7.90. The van der Waals surface area contributed by atoms with Gasteiger partial charge in [0.1, 0.15) is 11.5 Å². The zero-order chi connectivity index (χ0) is 19.6. The maximum Gasteiger partial charge on any atom is 0.240 e. The molecule has 28 heavy (non-hydrogen) atoms. The third-order valence-corrected chi connectivity index (χ3v) is 7.02. The highest BCUT2D eigenvalue weighted by atomic mass is 32.2. The predicted molar refractivity (Wildman–Crippen MR) is 111 cm³/mol. The Balaban J connectivity index is 1.41. The molecule has 1 aromatic heterocycles. The monoisotopic (exact) mass is 415 g/mol. The van der Waals surface area contributed by atoms with Crippen LogP contribution in [0.5, 0.6) is 11.5 Å². The summed E-state index contributed by atoms with van der Waals surface area (Å²) in [5.74, 6) is 1.36. The lowest BCUT2D eigenvalue weighted by atomic mass is 10.2. The van der Waals surface area contributed by atoms with Gasteiger partial charge in [-0.1, -0.05) is 18.2 Å². The average Bonchev–Trinajstić information content (AvgIpc) is 3.35. The minimum Gasteiger partial charge on any atom is -0.457 e. The lowest BCUT2D eigenvalue weighted by molar-refractivity contribution is 0.478. The summed E-state index contributed by atoms with van der Waals surface area (Å²) >= 11 is 1.56. The van der Waals surface area contributed by atoms with E-state index in [-0.39, 0.29) is 10.9 Å². The normalized spacial score (nSPS) is 17.0. The van der Waals surface area contributed by atoms with Gasteiger partial charge in [-0.15, -0.1) is 11.3 Å². The molecule has 0 bridgehead atoms. The van der Waals surface area contributed by atoms with Crippen molar-refractivity contribution in [3.05, 3.63) is 65.7 Å². The molecule has 3 aromatic rings. The number of ether oxygens (including phenoxy) is 1. The Bertz CT molecular complexity index is 1030. The van der Waals surface area contributed by atoms with Crippen LogP contribution in [0.1, 0.15) is 12.0 Å². The van der Waals surface area contributed by atoms with Crippen LogP contribution in [0.15, 0.2) is 65.0 Å². The maximum absolute atomic E-state index is 12.7. The van der Waals surface area contributed by atoms with Gasteiger partial charge in [0.05, 0.1) is 4.90 Å². The van der Waals surface area contributed by atoms with Gasteiger partial charge < -0.3 is 9.64 Å². The van der Waals surface area contributed by atoms with Crippen molar-refractivity contribution in [2.75, 3.05) is 18.0 Å². The molecule has 146 valence electrons. The van der Waals surface area contributed by atoms with Crippen LogP contribution in [0.4, 0.5) is 5.13 Å². The van der Waals surface area contributed by atoms with Crippen LogP contribution in [0, 0.1) is 6.92 Å². The first kappa shape index (κ1) is 18.9. The summed E-state index contributed by atoms with van der Waals surface area (Å²) in [6.45, 7) is 3.39. The third kappa shape index (κ3) is 4.19. The van der Waals surface area contributed by atoms with Gasteiger partial charge in [-0.05, 0) is 49.2 Å². The van der Waals surface area contributed by atoms with Gasteiger partial charge >= 0.3 is 0 Å². The molecule has 1 aliphatic heterocycles. The molecular weight excluding hydrogens is 394 g/mol. The Kier molecular flexibility index (Phi) is 5.34. The fourth-order valence-electron chi connectivity index (χ4n) is 3.17. The van der Waals surface area contributed by atoms with Crippen molar-refractivity contribution < 1.29 is 13.2 Å². The summed E-state index contributed by atoms with van der Waals surface area (Å²) in [6.07, 6.45) is 2.52. The van der Waals surface area contributed by atoms with Crippen LogP contribution in [0.25, 0.3) is 0 Å². The summed E-state index contributed by atoms with van der Waals surface area (Å²) < 4.78 is 34.1. The quantitative estimate of drug-likeness (QED) is 0.663. The summed E-state index contributed by atoms with van der Waals surface area (Å²) in [6, 6.07) is 14.1. The maximum atomic E-state index is 12.7. The van der Waals surface area contributed by atoms with E-state index in [0.717, 1.165) is 29.4 Å². The van der Waals surface area contributed by atoms with Crippen molar-refractivity contribution in [3.63, 3.8) is 0 Å². The largest absolute Gasteiger partial charge is 0.457 e. The van der Waals surface area contributed by atoms with Gasteiger partial charge in [0.25, 0.3) is 0 Å². The number of nitrogens with one attached hydrogen (secondary N) is 1. The Morgan fingerprint density at radius 3 is 2.68 bits per heavy atom. The minimum absolute atomic E-state index is 0.128. The second-order valence-corrected chi connectivity index (χ2v) is 9.29.